The molecular weight excluding hydrogens is 549 g/mol. The van der Waals surface area contributed by atoms with Gasteiger partial charge in [0.25, 0.3) is 5.56 Å². The fourth-order valence-corrected chi connectivity index (χ4v) is 4.78. The molecule has 0 bridgehead atoms. The normalized spacial score (nSPS) is 11.7. The molecule has 0 aliphatic carbocycles. The summed E-state index contributed by atoms with van der Waals surface area (Å²) in [6.45, 7) is 6.56. The highest BCUT2D eigenvalue weighted by Gasteiger charge is 2.19. The van der Waals surface area contributed by atoms with Crippen molar-refractivity contribution in [3.63, 3.8) is 0 Å². The van der Waals surface area contributed by atoms with Gasteiger partial charge in [0.1, 0.15) is 23.6 Å². The van der Waals surface area contributed by atoms with Crippen LogP contribution >= 0.6 is 0 Å². The number of carbonyl (C=O) groups excluding carboxylic acids is 1. The highest BCUT2D eigenvalue weighted by Crippen LogP contribution is 2.24. The number of nitrogens with zero attached hydrogens (tertiary/aromatic N) is 6. The molecule has 0 saturated carbocycles. The Hall–Kier alpha value is -5.32. The van der Waals surface area contributed by atoms with Crippen LogP contribution in [0.25, 0.3) is 21.8 Å². The van der Waals surface area contributed by atoms with Gasteiger partial charge in [-0.3, -0.25) is 14.0 Å². The summed E-state index contributed by atoms with van der Waals surface area (Å²) in [4.78, 5) is 33.1. The van der Waals surface area contributed by atoms with Gasteiger partial charge < -0.3 is 14.6 Å². The average Bonchev–Trinajstić information content (AvgIpc) is 3.57. The molecular formula is C32H30FN7O3. The van der Waals surface area contributed by atoms with E-state index < -0.39 is 17.5 Å². The molecule has 0 aliphatic rings. The Bertz CT molecular complexity index is 2000. The second-order valence-corrected chi connectivity index (χ2v) is 11.3. The van der Waals surface area contributed by atoms with E-state index in [1.807, 2.05) is 36.5 Å². The van der Waals surface area contributed by atoms with Crippen molar-refractivity contribution in [1.29, 1.82) is 0 Å². The third-order valence-corrected chi connectivity index (χ3v) is 6.84. The van der Waals surface area contributed by atoms with Crippen LogP contribution < -0.4 is 10.9 Å². The van der Waals surface area contributed by atoms with Crippen molar-refractivity contribution in [2.45, 2.75) is 46.0 Å². The molecule has 0 radical (unpaired) electrons. The number of halogens is 1. The number of benzene rings is 2. The summed E-state index contributed by atoms with van der Waals surface area (Å²) in [5.41, 5.74) is 2.32. The summed E-state index contributed by atoms with van der Waals surface area (Å²) in [6, 6.07) is 16.2. The number of aromatic nitrogens is 6. The SMILES string of the molecule is CC(C)(C)OC(=O)n1cc2cc(F)c(CNc3ncnc4nn(Cc5ccc(Cn6ccccc6=O)cc5)cc34)cc2c1. The molecule has 10 nitrogen and oxygen atoms in total. The Morgan fingerprint density at radius 1 is 0.953 bits per heavy atom. The molecule has 4 heterocycles. The number of ether oxygens (including phenoxy) is 1. The molecule has 4 aromatic heterocycles. The standard InChI is InChI=1S/C32H30FN7O3/c1-32(2,3)43-31(42)39-17-24-12-23(27(33)13-25(24)18-39)14-34-29-26-19-40(37-30(26)36-20-35-29)16-22-9-7-21(8-10-22)15-38-11-5-4-6-28(38)41/h4-13,17-20H,14-16H2,1-3H3,(H,34,35,36,37). The first-order valence-corrected chi connectivity index (χ1v) is 13.8. The maximum atomic E-state index is 15.0. The van der Waals surface area contributed by atoms with Gasteiger partial charge in [-0.25, -0.2) is 19.2 Å². The van der Waals surface area contributed by atoms with E-state index in [0.29, 0.717) is 46.3 Å². The fourth-order valence-electron chi connectivity index (χ4n) is 4.78. The lowest BCUT2D eigenvalue weighted by atomic mass is 10.1. The minimum Gasteiger partial charge on any atom is -0.443 e. The van der Waals surface area contributed by atoms with E-state index >= 15 is 4.39 Å². The zero-order chi connectivity index (χ0) is 30.1. The Kier molecular flexibility index (Phi) is 7.22. The van der Waals surface area contributed by atoms with Crippen LogP contribution in [-0.4, -0.2) is 40.6 Å². The number of fused-ring (bicyclic) bond motifs is 2. The molecule has 0 amide bonds. The van der Waals surface area contributed by atoms with Crippen LogP contribution in [0.2, 0.25) is 0 Å². The quantitative estimate of drug-likeness (QED) is 0.263. The maximum Gasteiger partial charge on any atom is 0.418 e. The third-order valence-electron chi connectivity index (χ3n) is 6.84. The molecule has 0 atom stereocenters. The van der Waals surface area contributed by atoms with E-state index in [-0.39, 0.29) is 12.1 Å². The first kappa shape index (κ1) is 27.8. The highest BCUT2D eigenvalue weighted by molar-refractivity contribution is 5.88. The monoisotopic (exact) mass is 579 g/mol. The summed E-state index contributed by atoms with van der Waals surface area (Å²) in [7, 11) is 0. The van der Waals surface area contributed by atoms with E-state index in [2.05, 4.69) is 20.4 Å². The smallest absolute Gasteiger partial charge is 0.418 e. The first-order valence-electron chi connectivity index (χ1n) is 13.8. The number of anilines is 1. The van der Waals surface area contributed by atoms with Gasteiger partial charge >= 0.3 is 6.09 Å². The van der Waals surface area contributed by atoms with Crippen molar-refractivity contribution in [3.8, 4) is 0 Å². The van der Waals surface area contributed by atoms with Gasteiger partial charge in [-0.2, -0.15) is 5.10 Å². The lowest BCUT2D eigenvalue weighted by Gasteiger charge is -2.19. The molecule has 0 saturated heterocycles. The van der Waals surface area contributed by atoms with Crippen molar-refractivity contribution >= 4 is 33.7 Å². The molecule has 0 aliphatic heterocycles. The van der Waals surface area contributed by atoms with E-state index in [4.69, 9.17) is 4.74 Å². The molecule has 43 heavy (non-hydrogen) atoms. The summed E-state index contributed by atoms with van der Waals surface area (Å²) < 4.78 is 25.2. The zero-order valence-electron chi connectivity index (χ0n) is 24.0. The van der Waals surface area contributed by atoms with Crippen LogP contribution in [0, 0.1) is 5.82 Å². The van der Waals surface area contributed by atoms with Crippen LogP contribution in [0.4, 0.5) is 15.0 Å². The van der Waals surface area contributed by atoms with Crippen molar-refractivity contribution in [2.24, 2.45) is 0 Å². The molecule has 11 heteroatoms. The number of hydrogen-bond acceptors (Lipinski definition) is 7. The molecule has 0 spiro atoms. The van der Waals surface area contributed by atoms with Gasteiger partial charge in [0, 0.05) is 53.7 Å². The molecule has 2 aromatic carbocycles. The maximum absolute atomic E-state index is 15.0. The van der Waals surface area contributed by atoms with Gasteiger partial charge in [-0.1, -0.05) is 30.3 Å². The minimum absolute atomic E-state index is 0.0408. The molecule has 6 aromatic rings. The van der Waals surface area contributed by atoms with Crippen LogP contribution in [0.1, 0.15) is 37.5 Å². The molecule has 218 valence electrons. The van der Waals surface area contributed by atoms with Gasteiger partial charge in [0.2, 0.25) is 0 Å². The van der Waals surface area contributed by atoms with Crippen LogP contribution in [0.3, 0.4) is 0 Å². The summed E-state index contributed by atoms with van der Waals surface area (Å²) in [5.74, 6) is 0.134. The fraction of sp³-hybridized carbons (Fsp3) is 0.219. The number of rotatable bonds is 7. The van der Waals surface area contributed by atoms with Crippen LogP contribution in [0.5, 0.6) is 0 Å². The zero-order valence-corrected chi connectivity index (χ0v) is 24.0. The van der Waals surface area contributed by atoms with E-state index in [9.17, 15) is 9.59 Å². The Morgan fingerprint density at radius 2 is 1.67 bits per heavy atom. The van der Waals surface area contributed by atoms with Crippen molar-refractivity contribution < 1.29 is 13.9 Å². The first-order chi connectivity index (χ1) is 20.6. The Balaban J connectivity index is 1.15. The second-order valence-electron chi connectivity index (χ2n) is 11.3. The van der Waals surface area contributed by atoms with Crippen LogP contribution in [-0.2, 0) is 24.4 Å². The average molecular weight is 580 g/mol. The van der Waals surface area contributed by atoms with Gasteiger partial charge in [-0.15, -0.1) is 0 Å². The number of pyridine rings is 1. The largest absolute Gasteiger partial charge is 0.443 e. The number of hydrogen-bond donors (Lipinski definition) is 1. The van der Waals surface area contributed by atoms with Crippen molar-refractivity contribution in [2.75, 3.05) is 5.32 Å². The Morgan fingerprint density at radius 3 is 2.40 bits per heavy atom. The highest BCUT2D eigenvalue weighted by atomic mass is 19.1. The topological polar surface area (TPSA) is 109 Å². The molecule has 6 rings (SSSR count). The Labute approximate surface area is 246 Å². The molecule has 0 unspecified atom stereocenters. The summed E-state index contributed by atoms with van der Waals surface area (Å²) in [5, 5.41) is 9.82. The van der Waals surface area contributed by atoms with Crippen LogP contribution in [0.15, 0.2) is 90.5 Å². The minimum atomic E-state index is -0.638. The third kappa shape index (κ3) is 6.30. The van der Waals surface area contributed by atoms with E-state index in [1.54, 1.807) is 66.8 Å². The van der Waals surface area contributed by atoms with Crippen molar-refractivity contribution in [1.82, 2.24) is 28.9 Å². The second kappa shape index (κ2) is 11.2. The molecule has 1 N–H and O–H groups in total. The van der Waals surface area contributed by atoms with E-state index in [0.717, 1.165) is 11.1 Å². The summed E-state index contributed by atoms with van der Waals surface area (Å²) in [6.07, 6.45) is 7.72. The van der Waals surface area contributed by atoms with Crippen molar-refractivity contribution in [3.05, 3.63) is 119 Å². The number of carbonyl (C=O) groups is 1. The summed E-state index contributed by atoms with van der Waals surface area (Å²) >= 11 is 0. The lowest BCUT2D eigenvalue weighted by molar-refractivity contribution is 0.0538. The lowest BCUT2D eigenvalue weighted by Crippen LogP contribution is -2.26. The van der Waals surface area contributed by atoms with Gasteiger partial charge in [-0.05, 0) is 50.1 Å². The van der Waals surface area contributed by atoms with Gasteiger partial charge in [0.15, 0.2) is 5.65 Å². The van der Waals surface area contributed by atoms with E-state index in [1.165, 1.54) is 17.0 Å². The predicted molar refractivity (Wildman–Crippen MR) is 162 cm³/mol. The predicted octanol–water partition coefficient (Wildman–Crippen LogP) is 5.57. The van der Waals surface area contributed by atoms with Gasteiger partial charge in [0.05, 0.1) is 18.5 Å². The molecule has 0 fully saturated rings. The number of nitrogens with one attached hydrogen (secondary N) is 1.